The Morgan fingerprint density at radius 2 is 1.94 bits per heavy atom. The van der Waals surface area contributed by atoms with Crippen LogP contribution >= 0.6 is 0 Å². The molecular formula is C11H15N3O3. The van der Waals surface area contributed by atoms with Gasteiger partial charge in [0.2, 0.25) is 0 Å². The smallest absolute Gasteiger partial charge is 0.320 e. The predicted molar refractivity (Wildman–Crippen MR) is 64.4 cm³/mol. The van der Waals surface area contributed by atoms with E-state index in [0.29, 0.717) is 16.9 Å². The minimum Gasteiger partial charge on any atom is -0.480 e. The highest BCUT2D eigenvalue weighted by molar-refractivity contribution is 6.01. The van der Waals surface area contributed by atoms with E-state index < -0.39 is 12.0 Å². The number of nitrogens with two attached hydrogens (primary N) is 3. The summed E-state index contributed by atoms with van der Waals surface area (Å²) < 4.78 is 0. The first-order chi connectivity index (χ1) is 7.91. The number of ketones is 1. The summed E-state index contributed by atoms with van der Waals surface area (Å²) in [5.74, 6) is -1.38. The Balaban J connectivity index is 2.70. The van der Waals surface area contributed by atoms with Crippen molar-refractivity contribution in [2.45, 2.75) is 18.9 Å². The van der Waals surface area contributed by atoms with Gasteiger partial charge in [0.05, 0.1) is 0 Å². The minimum absolute atomic E-state index is 0.0289. The number of carboxylic acids is 1. The van der Waals surface area contributed by atoms with Crippen molar-refractivity contribution in [2.75, 3.05) is 11.5 Å². The topological polar surface area (TPSA) is 132 Å². The van der Waals surface area contributed by atoms with E-state index in [1.54, 1.807) is 12.1 Å². The van der Waals surface area contributed by atoms with Crippen LogP contribution in [0.25, 0.3) is 0 Å². The molecule has 0 aliphatic carbocycles. The number of carbonyl (C=O) groups is 2. The number of anilines is 2. The quantitative estimate of drug-likeness (QED) is 0.428. The van der Waals surface area contributed by atoms with Crippen LogP contribution in [-0.2, 0) is 4.79 Å². The summed E-state index contributed by atoms with van der Waals surface area (Å²) in [5.41, 5.74) is 17.5. The molecule has 1 rings (SSSR count). The fourth-order valence-electron chi connectivity index (χ4n) is 1.36. The van der Waals surface area contributed by atoms with E-state index in [-0.39, 0.29) is 18.6 Å². The Labute approximate surface area is 98.4 Å². The van der Waals surface area contributed by atoms with Gasteiger partial charge in [0.15, 0.2) is 5.78 Å². The molecule has 0 saturated carbocycles. The molecule has 0 aromatic heterocycles. The number of Topliss-reactive ketones (excluding diaryl/α,β-unsaturated/α-hetero) is 1. The van der Waals surface area contributed by atoms with Gasteiger partial charge in [-0.05, 0) is 24.6 Å². The first-order valence-corrected chi connectivity index (χ1v) is 5.08. The number of aliphatic carboxylic acids is 1. The summed E-state index contributed by atoms with van der Waals surface area (Å²) in [6, 6.07) is 3.57. The van der Waals surface area contributed by atoms with Crippen LogP contribution < -0.4 is 17.2 Å². The number of nitrogen functional groups attached to an aromatic ring is 2. The molecule has 0 radical (unpaired) electrons. The van der Waals surface area contributed by atoms with E-state index in [4.69, 9.17) is 22.3 Å². The summed E-state index contributed by atoms with van der Waals surface area (Å²) in [6.45, 7) is 0. The summed E-state index contributed by atoms with van der Waals surface area (Å²) in [4.78, 5) is 22.2. The maximum atomic E-state index is 11.8. The van der Waals surface area contributed by atoms with Gasteiger partial charge in [-0.1, -0.05) is 0 Å². The van der Waals surface area contributed by atoms with Crippen molar-refractivity contribution >= 4 is 23.1 Å². The van der Waals surface area contributed by atoms with Gasteiger partial charge >= 0.3 is 5.97 Å². The number of benzene rings is 1. The Morgan fingerprint density at radius 3 is 2.53 bits per heavy atom. The largest absolute Gasteiger partial charge is 0.480 e. The molecule has 0 heterocycles. The lowest BCUT2D eigenvalue weighted by atomic mass is 10.0. The number of hydrogen-bond donors (Lipinski definition) is 4. The maximum Gasteiger partial charge on any atom is 0.320 e. The van der Waals surface area contributed by atoms with E-state index in [0.717, 1.165) is 0 Å². The summed E-state index contributed by atoms with van der Waals surface area (Å²) in [5, 5.41) is 8.58. The van der Waals surface area contributed by atoms with Gasteiger partial charge in [0.25, 0.3) is 0 Å². The first-order valence-electron chi connectivity index (χ1n) is 5.08. The molecule has 0 aliphatic heterocycles. The average Bonchev–Trinajstić information content (AvgIpc) is 2.28. The van der Waals surface area contributed by atoms with Crippen LogP contribution in [0.15, 0.2) is 18.2 Å². The molecule has 1 aromatic rings. The van der Waals surface area contributed by atoms with Gasteiger partial charge in [-0.15, -0.1) is 0 Å². The van der Waals surface area contributed by atoms with Crippen molar-refractivity contribution in [1.82, 2.24) is 0 Å². The molecule has 6 nitrogen and oxygen atoms in total. The van der Waals surface area contributed by atoms with Gasteiger partial charge in [0, 0.05) is 23.4 Å². The summed E-state index contributed by atoms with van der Waals surface area (Å²) >= 11 is 0. The molecule has 7 N–H and O–H groups in total. The van der Waals surface area contributed by atoms with Gasteiger partial charge in [-0.25, -0.2) is 0 Å². The highest BCUT2D eigenvalue weighted by Crippen LogP contribution is 2.18. The standard InChI is InChI=1S/C11H15N3O3/c12-6-1-2-8(13)7(5-6)10(15)4-3-9(14)11(16)17/h1-2,5,9H,3-4,12-14H2,(H,16,17). The third kappa shape index (κ3) is 3.46. The Kier molecular flexibility index (Phi) is 4.06. The lowest BCUT2D eigenvalue weighted by molar-refractivity contribution is -0.138. The Hall–Kier alpha value is -2.08. The van der Waals surface area contributed by atoms with E-state index in [9.17, 15) is 9.59 Å². The average molecular weight is 237 g/mol. The zero-order chi connectivity index (χ0) is 13.0. The molecule has 1 unspecified atom stereocenters. The maximum absolute atomic E-state index is 11.8. The van der Waals surface area contributed by atoms with Gasteiger partial charge in [-0.3, -0.25) is 9.59 Å². The molecule has 0 bridgehead atoms. The zero-order valence-electron chi connectivity index (χ0n) is 9.22. The molecular weight excluding hydrogens is 222 g/mol. The van der Waals surface area contributed by atoms with Gasteiger partial charge < -0.3 is 22.3 Å². The summed E-state index contributed by atoms with van der Waals surface area (Å²) in [6.07, 6.45) is 0.101. The molecule has 1 atom stereocenters. The van der Waals surface area contributed by atoms with Crippen molar-refractivity contribution in [2.24, 2.45) is 5.73 Å². The van der Waals surface area contributed by atoms with E-state index in [2.05, 4.69) is 0 Å². The molecule has 6 heteroatoms. The van der Waals surface area contributed by atoms with E-state index >= 15 is 0 Å². The normalized spacial score (nSPS) is 12.1. The van der Waals surface area contributed by atoms with Crippen molar-refractivity contribution < 1.29 is 14.7 Å². The lowest BCUT2D eigenvalue weighted by Gasteiger charge is -2.08. The van der Waals surface area contributed by atoms with Crippen molar-refractivity contribution in [1.29, 1.82) is 0 Å². The molecule has 92 valence electrons. The van der Waals surface area contributed by atoms with Crippen LogP contribution in [0.2, 0.25) is 0 Å². The summed E-state index contributed by atoms with van der Waals surface area (Å²) in [7, 11) is 0. The zero-order valence-corrected chi connectivity index (χ0v) is 9.22. The number of hydrogen-bond acceptors (Lipinski definition) is 5. The van der Waals surface area contributed by atoms with Crippen molar-refractivity contribution in [3.05, 3.63) is 23.8 Å². The second-order valence-corrected chi connectivity index (χ2v) is 3.75. The molecule has 0 amide bonds. The Morgan fingerprint density at radius 1 is 1.29 bits per heavy atom. The van der Waals surface area contributed by atoms with E-state index in [1.807, 2.05) is 0 Å². The van der Waals surface area contributed by atoms with E-state index in [1.165, 1.54) is 6.07 Å². The molecule has 17 heavy (non-hydrogen) atoms. The number of carbonyl (C=O) groups excluding carboxylic acids is 1. The lowest BCUT2D eigenvalue weighted by Crippen LogP contribution is -2.30. The van der Waals surface area contributed by atoms with Crippen LogP contribution in [0, 0.1) is 0 Å². The molecule has 0 fully saturated rings. The fraction of sp³-hybridized carbons (Fsp3) is 0.273. The first kappa shape index (κ1) is 13.0. The third-order valence-corrected chi connectivity index (χ3v) is 2.38. The predicted octanol–water partition coefficient (Wildman–Crippen LogP) is 0.226. The van der Waals surface area contributed by atoms with Crippen LogP contribution in [-0.4, -0.2) is 22.9 Å². The van der Waals surface area contributed by atoms with Gasteiger partial charge in [-0.2, -0.15) is 0 Å². The second-order valence-electron chi connectivity index (χ2n) is 3.75. The SMILES string of the molecule is Nc1ccc(N)c(C(=O)CCC(N)C(=O)O)c1. The van der Waals surface area contributed by atoms with Crippen LogP contribution in [0.4, 0.5) is 11.4 Å². The number of carboxylic acid groups (broad SMARTS) is 1. The van der Waals surface area contributed by atoms with Crippen LogP contribution in [0.3, 0.4) is 0 Å². The Bertz CT molecular complexity index is 446. The number of rotatable bonds is 5. The molecule has 0 aliphatic rings. The second kappa shape index (κ2) is 5.31. The highest BCUT2D eigenvalue weighted by Gasteiger charge is 2.16. The van der Waals surface area contributed by atoms with Crippen LogP contribution in [0.5, 0.6) is 0 Å². The third-order valence-electron chi connectivity index (χ3n) is 2.38. The van der Waals surface area contributed by atoms with Crippen molar-refractivity contribution in [3.63, 3.8) is 0 Å². The fourth-order valence-corrected chi connectivity index (χ4v) is 1.36. The minimum atomic E-state index is -1.13. The van der Waals surface area contributed by atoms with Gasteiger partial charge in [0.1, 0.15) is 6.04 Å². The van der Waals surface area contributed by atoms with Crippen molar-refractivity contribution in [3.8, 4) is 0 Å². The van der Waals surface area contributed by atoms with Crippen LogP contribution in [0.1, 0.15) is 23.2 Å². The molecule has 1 aromatic carbocycles. The molecule has 0 spiro atoms. The monoisotopic (exact) mass is 237 g/mol. The molecule has 0 saturated heterocycles. The highest BCUT2D eigenvalue weighted by atomic mass is 16.4.